The molecule has 172 valence electrons. The summed E-state index contributed by atoms with van der Waals surface area (Å²) in [5.41, 5.74) is 2.21. The van der Waals surface area contributed by atoms with Gasteiger partial charge in [0.2, 0.25) is 5.90 Å². The predicted octanol–water partition coefficient (Wildman–Crippen LogP) is 5.68. The van der Waals surface area contributed by atoms with Gasteiger partial charge in [0, 0.05) is 22.2 Å². The van der Waals surface area contributed by atoms with Gasteiger partial charge in [-0.3, -0.25) is 10.1 Å². The van der Waals surface area contributed by atoms with Crippen molar-refractivity contribution in [1.29, 1.82) is 0 Å². The lowest BCUT2D eigenvalue weighted by atomic mass is 10.1. The third kappa shape index (κ3) is 5.49. The molecule has 0 saturated carbocycles. The molecule has 0 atom stereocenters. The van der Waals surface area contributed by atoms with E-state index in [1.165, 1.54) is 24.3 Å². The zero-order chi connectivity index (χ0) is 24.1. The van der Waals surface area contributed by atoms with Crippen LogP contribution in [0.25, 0.3) is 6.08 Å². The van der Waals surface area contributed by atoms with E-state index in [0.29, 0.717) is 35.8 Å². The molecule has 1 aliphatic heterocycles. The molecule has 3 aromatic carbocycles. The van der Waals surface area contributed by atoms with E-state index < -0.39 is 10.9 Å². The fourth-order valence-electron chi connectivity index (χ4n) is 3.16. The van der Waals surface area contributed by atoms with Gasteiger partial charge in [-0.05, 0) is 60.5 Å². The number of nitrogens with zero attached hydrogens (tertiary/aromatic N) is 2. The van der Waals surface area contributed by atoms with Gasteiger partial charge < -0.3 is 14.2 Å². The Labute approximate surface area is 203 Å². The molecule has 8 nitrogen and oxygen atoms in total. The van der Waals surface area contributed by atoms with Crippen LogP contribution in [0.15, 0.2) is 81.9 Å². The van der Waals surface area contributed by atoms with Gasteiger partial charge in [-0.2, -0.15) is 0 Å². The van der Waals surface area contributed by atoms with Crippen molar-refractivity contribution in [2.75, 3.05) is 6.61 Å². The molecule has 0 amide bonds. The average Bonchev–Trinajstić information content (AvgIpc) is 3.20. The molecule has 0 unspecified atom stereocenters. The average molecular weight is 523 g/mol. The van der Waals surface area contributed by atoms with E-state index in [1.807, 2.05) is 31.2 Å². The van der Waals surface area contributed by atoms with Crippen molar-refractivity contribution in [2.24, 2.45) is 4.99 Å². The highest BCUT2D eigenvalue weighted by atomic mass is 79.9. The molecule has 0 bridgehead atoms. The number of cyclic esters (lactones) is 1. The highest BCUT2D eigenvalue weighted by molar-refractivity contribution is 9.10. The first-order valence-corrected chi connectivity index (χ1v) is 11.1. The molecule has 4 rings (SSSR count). The summed E-state index contributed by atoms with van der Waals surface area (Å²) >= 11 is 3.41. The summed E-state index contributed by atoms with van der Waals surface area (Å²) in [6.45, 7) is 2.70. The molecule has 0 radical (unpaired) electrons. The Morgan fingerprint density at radius 3 is 2.44 bits per heavy atom. The summed E-state index contributed by atoms with van der Waals surface area (Å²) in [5, 5.41) is 10.8. The molecule has 0 aliphatic carbocycles. The van der Waals surface area contributed by atoms with Crippen LogP contribution in [0.5, 0.6) is 11.5 Å². The summed E-state index contributed by atoms with van der Waals surface area (Å²) in [5.74, 6) is 0.600. The molecule has 0 saturated heterocycles. The van der Waals surface area contributed by atoms with Crippen molar-refractivity contribution in [1.82, 2.24) is 0 Å². The van der Waals surface area contributed by atoms with Gasteiger partial charge in [0.25, 0.3) is 5.69 Å². The molecule has 0 spiro atoms. The molecule has 0 fully saturated rings. The molecule has 0 aromatic heterocycles. The summed E-state index contributed by atoms with van der Waals surface area (Å²) in [7, 11) is 0. The molecule has 1 heterocycles. The highest BCUT2D eigenvalue weighted by Crippen LogP contribution is 2.31. The van der Waals surface area contributed by atoms with Gasteiger partial charge in [0.05, 0.1) is 11.5 Å². The minimum Gasteiger partial charge on any atom is -0.490 e. The molecule has 3 aromatic rings. The zero-order valence-electron chi connectivity index (χ0n) is 18.1. The number of aliphatic imine (C=N–C) groups is 1. The number of ether oxygens (including phenoxy) is 3. The summed E-state index contributed by atoms with van der Waals surface area (Å²) < 4.78 is 17.9. The van der Waals surface area contributed by atoms with Gasteiger partial charge in [0.15, 0.2) is 17.2 Å². The van der Waals surface area contributed by atoms with E-state index in [2.05, 4.69) is 20.9 Å². The number of nitro groups is 1. The van der Waals surface area contributed by atoms with Crippen LogP contribution in [0.1, 0.15) is 23.6 Å². The number of esters is 1. The number of carbonyl (C=O) groups excluding carboxylic acids is 1. The van der Waals surface area contributed by atoms with Crippen molar-refractivity contribution in [2.45, 2.75) is 13.5 Å². The van der Waals surface area contributed by atoms with Crippen molar-refractivity contribution >= 4 is 39.6 Å². The second kappa shape index (κ2) is 10.3. The second-order valence-corrected chi connectivity index (χ2v) is 8.11. The third-order valence-electron chi connectivity index (χ3n) is 4.82. The molecule has 1 aliphatic rings. The number of carbonyl (C=O) groups is 1. The Hall–Kier alpha value is -3.98. The van der Waals surface area contributed by atoms with Crippen LogP contribution >= 0.6 is 15.9 Å². The predicted molar refractivity (Wildman–Crippen MR) is 130 cm³/mol. The van der Waals surface area contributed by atoms with Crippen LogP contribution in [0.4, 0.5) is 5.69 Å². The fourth-order valence-corrected chi connectivity index (χ4v) is 3.42. The largest absolute Gasteiger partial charge is 0.490 e. The quantitative estimate of drug-likeness (QED) is 0.163. The molecular weight excluding hydrogens is 504 g/mol. The lowest BCUT2D eigenvalue weighted by Crippen LogP contribution is -2.05. The second-order valence-electron chi connectivity index (χ2n) is 7.19. The lowest BCUT2D eigenvalue weighted by Gasteiger charge is -2.13. The SMILES string of the molecule is CCOc1cc(/C=C2\N=C(c3ccc([N+](=O)[O-])cc3)OC2=O)ccc1OCc1ccc(Br)cc1. The van der Waals surface area contributed by atoms with E-state index in [0.717, 1.165) is 10.0 Å². The van der Waals surface area contributed by atoms with E-state index in [-0.39, 0.29) is 17.3 Å². The Morgan fingerprint density at radius 1 is 1.03 bits per heavy atom. The van der Waals surface area contributed by atoms with Crippen LogP contribution in [-0.4, -0.2) is 23.4 Å². The first kappa shape index (κ1) is 23.2. The number of hydrogen-bond acceptors (Lipinski definition) is 7. The minimum atomic E-state index is -0.609. The lowest BCUT2D eigenvalue weighted by molar-refractivity contribution is -0.384. The number of halogens is 1. The minimum absolute atomic E-state index is 0.0599. The van der Waals surface area contributed by atoms with E-state index in [9.17, 15) is 14.9 Å². The summed E-state index contributed by atoms with van der Waals surface area (Å²) in [6.07, 6.45) is 1.59. The molecule has 9 heteroatoms. The highest BCUT2D eigenvalue weighted by Gasteiger charge is 2.24. The van der Waals surface area contributed by atoms with Crippen LogP contribution in [0.3, 0.4) is 0 Å². The number of non-ortho nitro benzene ring substituents is 1. The first-order chi connectivity index (χ1) is 16.4. The van der Waals surface area contributed by atoms with Gasteiger partial charge in [-0.1, -0.05) is 34.1 Å². The number of benzene rings is 3. The summed E-state index contributed by atoms with van der Waals surface area (Å²) in [6, 6.07) is 18.8. The normalized spacial score (nSPS) is 14.0. The van der Waals surface area contributed by atoms with Crippen LogP contribution in [0.2, 0.25) is 0 Å². The van der Waals surface area contributed by atoms with Crippen molar-refractivity contribution in [3.05, 3.63) is 104 Å². The Balaban J connectivity index is 1.54. The Bertz CT molecular complexity index is 1280. The van der Waals surface area contributed by atoms with E-state index in [4.69, 9.17) is 14.2 Å². The number of rotatable bonds is 8. The van der Waals surface area contributed by atoms with Crippen molar-refractivity contribution in [3.8, 4) is 11.5 Å². The van der Waals surface area contributed by atoms with Gasteiger partial charge >= 0.3 is 5.97 Å². The Kier molecular flexibility index (Phi) is 7.03. The summed E-state index contributed by atoms with van der Waals surface area (Å²) in [4.78, 5) is 26.9. The monoisotopic (exact) mass is 522 g/mol. The first-order valence-electron chi connectivity index (χ1n) is 10.3. The van der Waals surface area contributed by atoms with Crippen LogP contribution in [-0.2, 0) is 16.1 Å². The maximum absolute atomic E-state index is 12.3. The van der Waals surface area contributed by atoms with Gasteiger partial charge in [-0.15, -0.1) is 0 Å². The third-order valence-corrected chi connectivity index (χ3v) is 5.35. The van der Waals surface area contributed by atoms with Gasteiger partial charge in [-0.25, -0.2) is 9.79 Å². The smallest absolute Gasteiger partial charge is 0.363 e. The maximum atomic E-state index is 12.3. The fraction of sp³-hybridized carbons (Fsp3) is 0.120. The van der Waals surface area contributed by atoms with Crippen LogP contribution < -0.4 is 9.47 Å². The van der Waals surface area contributed by atoms with E-state index in [1.54, 1.807) is 24.3 Å². The maximum Gasteiger partial charge on any atom is 0.363 e. The van der Waals surface area contributed by atoms with E-state index >= 15 is 0 Å². The van der Waals surface area contributed by atoms with Crippen molar-refractivity contribution in [3.63, 3.8) is 0 Å². The van der Waals surface area contributed by atoms with Crippen LogP contribution in [0, 0.1) is 10.1 Å². The molecular formula is C25H19BrN2O6. The topological polar surface area (TPSA) is 100 Å². The van der Waals surface area contributed by atoms with Gasteiger partial charge in [0.1, 0.15) is 6.61 Å². The molecule has 34 heavy (non-hydrogen) atoms. The van der Waals surface area contributed by atoms with Crippen molar-refractivity contribution < 1.29 is 23.9 Å². The number of hydrogen-bond donors (Lipinski definition) is 0. The number of nitro benzene ring substituents is 1. The standard InChI is InChI=1S/C25H19BrN2O6/c1-2-32-23-14-17(5-12-22(23)33-15-16-3-8-19(26)9-4-16)13-21-25(29)34-24(27-21)18-6-10-20(11-7-18)28(30)31/h3-14H,2,15H2,1H3/b21-13-. The molecule has 0 N–H and O–H groups in total. The zero-order valence-corrected chi connectivity index (χ0v) is 19.7. The Morgan fingerprint density at radius 2 is 1.76 bits per heavy atom.